The third-order valence-electron chi connectivity index (χ3n) is 3.70. The number of hydrogen-bond acceptors (Lipinski definition) is 4. The molecule has 3 aromatic rings. The quantitative estimate of drug-likeness (QED) is 0.681. The zero-order chi connectivity index (χ0) is 17.8. The fraction of sp³-hybridized carbons (Fsp3) is 0.222. The number of methoxy groups -OCH3 is 2. The summed E-state index contributed by atoms with van der Waals surface area (Å²) in [6.07, 6.45) is 0. The van der Waals surface area contributed by atoms with Crippen LogP contribution >= 0.6 is 22.9 Å². The summed E-state index contributed by atoms with van der Waals surface area (Å²) in [6.45, 7) is 1.14. The van der Waals surface area contributed by atoms with Crippen LogP contribution in [0.3, 0.4) is 0 Å². The molecule has 0 aliphatic heterocycles. The summed E-state index contributed by atoms with van der Waals surface area (Å²) in [4.78, 5) is 17.6. The molecule has 1 heterocycles. The number of ether oxygens (including phenoxy) is 2. The second-order valence-corrected chi connectivity index (χ2v) is 6.70. The summed E-state index contributed by atoms with van der Waals surface area (Å²) in [5.41, 5.74) is 1.36. The molecule has 0 spiro atoms. The van der Waals surface area contributed by atoms with Crippen molar-refractivity contribution in [2.45, 2.75) is 6.54 Å². The molecule has 0 aliphatic carbocycles. The Kier molecular flexibility index (Phi) is 5.53. The minimum absolute atomic E-state index is 0.339. The van der Waals surface area contributed by atoms with Crippen molar-refractivity contribution in [3.63, 3.8) is 0 Å². The van der Waals surface area contributed by atoms with Crippen molar-refractivity contribution in [1.29, 1.82) is 0 Å². The minimum Gasteiger partial charge on any atom is -0.496 e. The molecule has 25 heavy (non-hydrogen) atoms. The predicted octanol–water partition coefficient (Wildman–Crippen LogP) is 3.75. The average molecular weight is 377 g/mol. The fourth-order valence-corrected chi connectivity index (χ4v) is 3.73. The number of carbonyl (C=O) groups is 1. The van der Waals surface area contributed by atoms with Gasteiger partial charge in [-0.3, -0.25) is 4.79 Å². The lowest BCUT2D eigenvalue weighted by molar-refractivity contribution is 0.0994. The Morgan fingerprint density at radius 2 is 2.04 bits per heavy atom. The van der Waals surface area contributed by atoms with Crippen LogP contribution in [0, 0.1) is 0 Å². The van der Waals surface area contributed by atoms with Gasteiger partial charge in [0.1, 0.15) is 5.75 Å². The lowest BCUT2D eigenvalue weighted by atomic mass is 10.2. The van der Waals surface area contributed by atoms with Crippen LogP contribution in [0.1, 0.15) is 10.4 Å². The number of aromatic nitrogens is 1. The average Bonchev–Trinajstić information content (AvgIpc) is 2.96. The van der Waals surface area contributed by atoms with Gasteiger partial charge in [-0.25, -0.2) is 0 Å². The number of nitrogens with zero attached hydrogens (tertiary/aromatic N) is 2. The van der Waals surface area contributed by atoms with Gasteiger partial charge in [0.2, 0.25) is 0 Å². The molecule has 2 aromatic carbocycles. The number of thiazole rings is 1. The van der Waals surface area contributed by atoms with Gasteiger partial charge in [-0.05, 0) is 30.3 Å². The second-order valence-electron chi connectivity index (χ2n) is 5.26. The van der Waals surface area contributed by atoms with Crippen LogP contribution in [0.15, 0.2) is 47.5 Å². The van der Waals surface area contributed by atoms with Crippen LogP contribution in [-0.4, -0.2) is 31.3 Å². The number of amides is 1. The van der Waals surface area contributed by atoms with Crippen LogP contribution < -0.4 is 9.54 Å². The molecule has 1 amide bonds. The Hall–Kier alpha value is -2.15. The molecular formula is C18H17ClN2O3S. The molecule has 5 nitrogen and oxygen atoms in total. The highest BCUT2D eigenvalue weighted by Gasteiger charge is 2.14. The van der Waals surface area contributed by atoms with Gasteiger partial charge in [0.25, 0.3) is 5.91 Å². The van der Waals surface area contributed by atoms with Crippen molar-refractivity contribution in [3.05, 3.63) is 57.9 Å². The molecule has 0 radical (unpaired) electrons. The fourth-order valence-electron chi connectivity index (χ4n) is 2.50. The monoisotopic (exact) mass is 376 g/mol. The van der Waals surface area contributed by atoms with Crippen molar-refractivity contribution < 1.29 is 14.3 Å². The maximum absolute atomic E-state index is 12.7. The van der Waals surface area contributed by atoms with Crippen molar-refractivity contribution in [1.82, 2.24) is 4.57 Å². The lowest BCUT2D eigenvalue weighted by Gasteiger charge is -2.06. The largest absolute Gasteiger partial charge is 0.496 e. The molecule has 7 heteroatoms. The third kappa shape index (κ3) is 3.76. The molecule has 0 saturated carbocycles. The first-order valence-corrected chi connectivity index (χ1v) is 8.83. The summed E-state index contributed by atoms with van der Waals surface area (Å²) >= 11 is 7.48. The maximum atomic E-state index is 12.7. The smallest absolute Gasteiger partial charge is 0.283 e. The van der Waals surface area contributed by atoms with Gasteiger partial charge in [0, 0.05) is 18.7 Å². The summed E-state index contributed by atoms with van der Waals surface area (Å²) in [7, 11) is 3.16. The molecule has 3 rings (SSSR count). The maximum Gasteiger partial charge on any atom is 0.283 e. The summed E-state index contributed by atoms with van der Waals surface area (Å²) in [6, 6.07) is 12.8. The number of fused-ring (bicyclic) bond motifs is 1. The Balaban J connectivity index is 2.12. The molecule has 0 N–H and O–H groups in total. The van der Waals surface area contributed by atoms with Crippen LogP contribution in [-0.2, 0) is 11.3 Å². The third-order valence-corrected chi connectivity index (χ3v) is 4.99. The topological polar surface area (TPSA) is 52.8 Å². The molecule has 0 unspecified atom stereocenters. The van der Waals surface area contributed by atoms with Crippen LogP contribution in [0.25, 0.3) is 10.2 Å². The molecule has 0 bridgehead atoms. The highest BCUT2D eigenvalue weighted by Crippen LogP contribution is 2.23. The van der Waals surface area contributed by atoms with Gasteiger partial charge < -0.3 is 14.0 Å². The van der Waals surface area contributed by atoms with Gasteiger partial charge in [0.05, 0.1) is 29.5 Å². The number of para-hydroxylation sites is 1. The van der Waals surface area contributed by atoms with E-state index in [4.69, 9.17) is 21.1 Å². The van der Waals surface area contributed by atoms with Gasteiger partial charge in [0.15, 0.2) is 4.80 Å². The van der Waals surface area contributed by atoms with Crippen molar-refractivity contribution in [2.75, 3.05) is 20.8 Å². The van der Waals surface area contributed by atoms with E-state index in [1.54, 1.807) is 25.3 Å². The molecule has 130 valence electrons. The summed E-state index contributed by atoms with van der Waals surface area (Å²) in [5, 5.41) is 0.461. The van der Waals surface area contributed by atoms with E-state index in [2.05, 4.69) is 4.99 Å². The first-order chi connectivity index (χ1) is 12.1. The second kappa shape index (κ2) is 7.82. The SMILES string of the molecule is COCCn1c(=NC(=O)c2cc(Cl)ccc2OC)sc2ccccc21. The van der Waals surface area contributed by atoms with E-state index in [0.717, 1.165) is 10.2 Å². The van der Waals surface area contributed by atoms with E-state index in [1.165, 1.54) is 18.4 Å². The highest BCUT2D eigenvalue weighted by atomic mass is 35.5. The van der Waals surface area contributed by atoms with E-state index in [-0.39, 0.29) is 0 Å². The van der Waals surface area contributed by atoms with Gasteiger partial charge in [-0.2, -0.15) is 4.99 Å². The summed E-state index contributed by atoms with van der Waals surface area (Å²) in [5.74, 6) is 0.0553. The zero-order valence-electron chi connectivity index (χ0n) is 13.9. The molecule has 0 atom stereocenters. The Morgan fingerprint density at radius 3 is 2.80 bits per heavy atom. The van der Waals surface area contributed by atoms with E-state index in [0.29, 0.717) is 34.3 Å². The standard InChI is InChI=1S/C18H17ClN2O3S/c1-23-10-9-21-14-5-3-4-6-16(14)25-18(21)20-17(22)13-11-12(19)7-8-15(13)24-2/h3-8,11H,9-10H2,1-2H3. The molecule has 0 fully saturated rings. The van der Waals surface area contributed by atoms with E-state index in [9.17, 15) is 4.79 Å². The molecule has 0 aliphatic rings. The predicted molar refractivity (Wildman–Crippen MR) is 99.6 cm³/mol. The number of rotatable bonds is 5. The molecule has 1 aromatic heterocycles. The number of hydrogen-bond donors (Lipinski definition) is 0. The van der Waals surface area contributed by atoms with Gasteiger partial charge >= 0.3 is 0 Å². The Labute approximate surface area is 154 Å². The lowest BCUT2D eigenvalue weighted by Crippen LogP contribution is -2.19. The van der Waals surface area contributed by atoms with Gasteiger partial charge in [-0.1, -0.05) is 35.1 Å². The highest BCUT2D eigenvalue weighted by molar-refractivity contribution is 7.16. The first-order valence-electron chi connectivity index (χ1n) is 7.64. The van der Waals surface area contributed by atoms with E-state index >= 15 is 0 Å². The van der Waals surface area contributed by atoms with Crippen molar-refractivity contribution >= 4 is 39.1 Å². The normalized spacial score (nSPS) is 11.9. The van der Waals surface area contributed by atoms with E-state index < -0.39 is 5.91 Å². The Bertz CT molecular complexity index is 978. The number of halogens is 1. The zero-order valence-corrected chi connectivity index (χ0v) is 15.4. The van der Waals surface area contributed by atoms with Crippen molar-refractivity contribution in [3.8, 4) is 5.75 Å². The van der Waals surface area contributed by atoms with E-state index in [1.807, 2.05) is 28.8 Å². The number of carbonyl (C=O) groups excluding carboxylic acids is 1. The van der Waals surface area contributed by atoms with Crippen LogP contribution in [0.2, 0.25) is 5.02 Å². The summed E-state index contributed by atoms with van der Waals surface area (Å²) < 4.78 is 13.5. The van der Waals surface area contributed by atoms with Crippen LogP contribution in [0.4, 0.5) is 0 Å². The van der Waals surface area contributed by atoms with Crippen LogP contribution in [0.5, 0.6) is 5.75 Å². The van der Waals surface area contributed by atoms with Gasteiger partial charge in [-0.15, -0.1) is 0 Å². The van der Waals surface area contributed by atoms with Crippen molar-refractivity contribution in [2.24, 2.45) is 4.99 Å². The number of benzene rings is 2. The first kappa shape index (κ1) is 17.7. The minimum atomic E-state index is -0.392. The molecular weight excluding hydrogens is 360 g/mol. The molecule has 0 saturated heterocycles. The Morgan fingerprint density at radius 1 is 1.24 bits per heavy atom.